The van der Waals surface area contributed by atoms with E-state index >= 15 is 0 Å². The molecule has 1 aromatic heterocycles. The maximum absolute atomic E-state index is 6.27. The minimum atomic E-state index is 0.170. The zero-order valence-electron chi connectivity index (χ0n) is 14.1. The van der Waals surface area contributed by atoms with E-state index in [0.29, 0.717) is 12.0 Å². The SMILES string of the molecule is CC(C)(C)c1ccc2c(c1)[C@@H]1OCCC[C@@H]1[C@@H](c1cccs1)N2. The van der Waals surface area contributed by atoms with E-state index in [1.165, 1.54) is 34.5 Å². The monoisotopic (exact) mass is 327 g/mol. The third-order valence-corrected chi connectivity index (χ3v) is 6.14. The first-order valence-electron chi connectivity index (χ1n) is 8.60. The third-order valence-electron chi connectivity index (χ3n) is 5.18. The molecule has 3 heterocycles. The van der Waals surface area contributed by atoms with Gasteiger partial charge in [-0.05, 0) is 41.3 Å². The molecule has 0 unspecified atom stereocenters. The standard InChI is InChI=1S/C20H25NOS/c1-20(2,3)13-8-9-16-15(12-13)19-14(6-4-10-22-19)18(21-16)17-7-5-11-23-17/h5,7-9,11-12,14,18-19,21H,4,6,10H2,1-3H3/t14-,18+,19-/m1/s1. The molecule has 23 heavy (non-hydrogen) atoms. The highest BCUT2D eigenvalue weighted by molar-refractivity contribution is 7.10. The van der Waals surface area contributed by atoms with Gasteiger partial charge in [-0.15, -0.1) is 11.3 Å². The van der Waals surface area contributed by atoms with Crippen LogP contribution in [-0.4, -0.2) is 6.61 Å². The molecule has 1 N–H and O–H groups in total. The molecule has 1 aromatic carbocycles. The smallest absolute Gasteiger partial charge is 0.0896 e. The van der Waals surface area contributed by atoms with Gasteiger partial charge in [0.05, 0.1) is 12.1 Å². The van der Waals surface area contributed by atoms with E-state index in [4.69, 9.17) is 4.74 Å². The lowest BCUT2D eigenvalue weighted by Crippen LogP contribution is -2.35. The average molecular weight is 327 g/mol. The zero-order chi connectivity index (χ0) is 16.0. The Balaban J connectivity index is 1.78. The Kier molecular flexibility index (Phi) is 3.73. The lowest BCUT2D eigenvalue weighted by atomic mass is 9.77. The van der Waals surface area contributed by atoms with E-state index in [9.17, 15) is 0 Å². The molecule has 122 valence electrons. The van der Waals surface area contributed by atoms with Crippen LogP contribution in [0.15, 0.2) is 35.7 Å². The number of nitrogens with one attached hydrogen (secondary N) is 1. The highest BCUT2D eigenvalue weighted by Crippen LogP contribution is 2.50. The van der Waals surface area contributed by atoms with Gasteiger partial charge in [0, 0.05) is 28.7 Å². The van der Waals surface area contributed by atoms with Crippen molar-refractivity contribution in [2.75, 3.05) is 11.9 Å². The van der Waals surface area contributed by atoms with Crippen LogP contribution in [0.5, 0.6) is 0 Å². The van der Waals surface area contributed by atoms with Crippen LogP contribution in [0.1, 0.15) is 61.8 Å². The van der Waals surface area contributed by atoms with Crippen LogP contribution in [0.4, 0.5) is 5.69 Å². The van der Waals surface area contributed by atoms with Crippen molar-refractivity contribution in [3.63, 3.8) is 0 Å². The van der Waals surface area contributed by atoms with E-state index in [1.807, 2.05) is 11.3 Å². The van der Waals surface area contributed by atoms with Gasteiger partial charge in [0.15, 0.2) is 0 Å². The van der Waals surface area contributed by atoms with Crippen LogP contribution < -0.4 is 5.32 Å². The van der Waals surface area contributed by atoms with Crippen LogP contribution in [0.25, 0.3) is 0 Å². The number of hydrogen-bond donors (Lipinski definition) is 1. The fourth-order valence-electron chi connectivity index (χ4n) is 3.89. The number of anilines is 1. The molecule has 2 aliphatic rings. The molecule has 2 aromatic rings. The Labute approximate surface area is 142 Å². The highest BCUT2D eigenvalue weighted by Gasteiger charge is 2.40. The van der Waals surface area contributed by atoms with Gasteiger partial charge >= 0.3 is 0 Å². The summed E-state index contributed by atoms with van der Waals surface area (Å²) in [6, 6.07) is 11.7. The Hall–Kier alpha value is -1.32. The summed E-state index contributed by atoms with van der Waals surface area (Å²) in [5.41, 5.74) is 4.17. The second-order valence-corrected chi connectivity index (χ2v) is 8.77. The molecular weight excluding hydrogens is 302 g/mol. The van der Waals surface area contributed by atoms with Crippen molar-refractivity contribution in [3.05, 3.63) is 51.7 Å². The quantitative estimate of drug-likeness (QED) is 0.727. The molecular formula is C20H25NOS. The minimum Gasteiger partial charge on any atom is -0.377 e. The normalized spacial score (nSPS) is 27.0. The predicted molar refractivity (Wildman–Crippen MR) is 97.2 cm³/mol. The van der Waals surface area contributed by atoms with Crippen molar-refractivity contribution in [3.8, 4) is 0 Å². The van der Waals surface area contributed by atoms with Crippen molar-refractivity contribution in [2.45, 2.75) is 51.2 Å². The van der Waals surface area contributed by atoms with Gasteiger partial charge in [-0.1, -0.05) is 39.0 Å². The summed E-state index contributed by atoms with van der Waals surface area (Å²) in [7, 11) is 0. The van der Waals surface area contributed by atoms with E-state index in [1.54, 1.807) is 0 Å². The summed E-state index contributed by atoms with van der Waals surface area (Å²) in [5.74, 6) is 0.533. The molecule has 0 saturated carbocycles. The Bertz CT molecular complexity index is 686. The largest absolute Gasteiger partial charge is 0.377 e. The van der Waals surface area contributed by atoms with Gasteiger partial charge in [-0.3, -0.25) is 0 Å². The molecule has 2 aliphatic heterocycles. The number of rotatable bonds is 1. The second-order valence-electron chi connectivity index (χ2n) is 7.79. The third kappa shape index (κ3) is 2.70. The first kappa shape index (κ1) is 15.2. The van der Waals surface area contributed by atoms with E-state index in [0.717, 1.165) is 6.61 Å². The first-order chi connectivity index (χ1) is 11.0. The van der Waals surface area contributed by atoms with Crippen molar-refractivity contribution in [1.82, 2.24) is 0 Å². The van der Waals surface area contributed by atoms with E-state index in [-0.39, 0.29) is 11.5 Å². The molecule has 3 heteroatoms. The van der Waals surface area contributed by atoms with Crippen molar-refractivity contribution >= 4 is 17.0 Å². The lowest BCUT2D eigenvalue weighted by Gasteiger charge is -2.43. The zero-order valence-corrected chi connectivity index (χ0v) is 15.0. The van der Waals surface area contributed by atoms with Gasteiger partial charge in [-0.25, -0.2) is 0 Å². The summed E-state index contributed by atoms with van der Waals surface area (Å²) >= 11 is 1.85. The fourth-order valence-corrected chi connectivity index (χ4v) is 4.74. The maximum Gasteiger partial charge on any atom is 0.0896 e. The Morgan fingerprint density at radius 3 is 2.83 bits per heavy atom. The predicted octanol–water partition coefficient (Wildman–Crippen LogP) is 5.68. The Morgan fingerprint density at radius 1 is 1.22 bits per heavy atom. The summed E-state index contributed by atoms with van der Waals surface area (Å²) in [6.45, 7) is 7.72. The summed E-state index contributed by atoms with van der Waals surface area (Å²) < 4.78 is 6.27. The number of fused-ring (bicyclic) bond motifs is 3. The van der Waals surface area contributed by atoms with E-state index in [2.05, 4.69) is 61.8 Å². The summed E-state index contributed by atoms with van der Waals surface area (Å²) in [5, 5.41) is 5.98. The second kappa shape index (κ2) is 5.64. The van der Waals surface area contributed by atoms with Gasteiger partial charge < -0.3 is 10.1 Å². The molecule has 2 nitrogen and oxygen atoms in total. The van der Waals surface area contributed by atoms with Gasteiger partial charge in [-0.2, -0.15) is 0 Å². The summed E-state index contributed by atoms with van der Waals surface area (Å²) in [6.07, 6.45) is 2.63. The molecule has 0 spiro atoms. The molecule has 4 rings (SSSR count). The molecule has 0 bridgehead atoms. The molecule has 1 fully saturated rings. The molecule has 0 aliphatic carbocycles. The number of hydrogen-bond acceptors (Lipinski definition) is 3. The number of benzene rings is 1. The van der Waals surface area contributed by atoms with Crippen LogP contribution in [0.2, 0.25) is 0 Å². The Morgan fingerprint density at radius 2 is 2.09 bits per heavy atom. The summed E-state index contributed by atoms with van der Waals surface area (Å²) in [4.78, 5) is 1.43. The average Bonchev–Trinajstić information content (AvgIpc) is 3.07. The lowest BCUT2D eigenvalue weighted by molar-refractivity contribution is -0.0378. The maximum atomic E-state index is 6.27. The first-order valence-corrected chi connectivity index (χ1v) is 9.48. The highest BCUT2D eigenvalue weighted by atomic mass is 32.1. The minimum absolute atomic E-state index is 0.170. The van der Waals surface area contributed by atoms with Crippen LogP contribution in [0, 0.1) is 5.92 Å². The molecule has 3 atom stereocenters. The van der Waals surface area contributed by atoms with E-state index < -0.39 is 0 Å². The molecule has 0 amide bonds. The molecule has 0 radical (unpaired) electrons. The van der Waals surface area contributed by atoms with Gasteiger partial charge in [0.1, 0.15) is 0 Å². The van der Waals surface area contributed by atoms with Crippen LogP contribution in [-0.2, 0) is 10.2 Å². The number of thiophene rings is 1. The van der Waals surface area contributed by atoms with Crippen molar-refractivity contribution < 1.29 is 4.74 Å². The topological polar surface area (TPSA) is 21.3 Å². The fraction of sp³-hybridized carbons (Fsp3) is 0.500. The van der Waals surface area contributed by atoms with Gasteiger partial charge in [0.2, 0.25) is 0 Å². The van der Waals surface area contributed by atoms with Crippen LogP contribution >= 0.6 is 11.3 Å². The van der Waals surface area contributed by atoms with Crippen molar-refractivity contribution in [2.24, 2.45) is 5.92 Å². The molecule has 1 saturated heterocycles. The number of ether oxygens (including phenoxy) is 1. The van der Waals surface area contributed by atoms with Crippen LogP contribution in [0.3, 0.4) is 0 Å². The van der Waals surface area contributed by atoms with Gasteiger partial charge in [0.25, 0.3) is 0 Å². The van der Waals surface area contributed by atoms with Crippen molar-refractivity contribution in [1.29, 1.82) is 0 Å².